The summed E-state index contributed by atoms with van der Waals surface area (Å²) in [5, 5.41) is 12.7. The zero-order chi connectivity index (χ0) is 30.2. The Kier molecular flexibility index (Phi) is 9.97. The smallest absolute Gasteiger partial charge is 0.276 e. The summed E-state index contributed by atoms with van der Waals surface area (Å²) in [5.74, 6) is -1.06. The zero-order valence-electron chi connectivity index (χ0n) is 22.8. The first-order valence-corrected chi connectivity index (χ1v) is 15.2. The van der Waals surface area contributed by atoms with E-state index in [2.05, 4.69) is 25.7 Å². The molecule has 0 aliphatic heterocycles. The van der Waals surface area contributed by atoms with Crippen LogP contribution < -0.4 is 20.3 Å². The molecule has 2 amide bonds. The molecule has 3 aromatic rings. The second-order valence-corrected chi connectivity index (χ2v) is 12.4. The molecule has 0 spiro atoms. The van der Waals surface area contributed by atoms with E-state index in [1.165, 1.54) is 50.2 Å². The molecule has 0 bridgehead atoms. The van der Waals surface area contributed by atoms with E-state index in [4.69, 9.17) is 0 Å². The zero-order valence-corrected chi connectivity index (χ0v) is 24.4. The lowest BCUT2D eigenvalue weighted by atomic mass is 10.2. The number of anilines is 2. The van der Waals surface area contributed by atoms with Crippen molar-refractivity contribution in [3.05, 3.63) is 83.9 Å². The summed E-state index contributed by atoms with van der Waals surface area (Å²) in [6, 6.07) is 18.6. The van der Waals surface area contributed by atoms with Crippen molar-refractivity contribution in [3.63, 3.8) is 0 Å². The third-order valence-corrected chi connectivity index (χ3v) is 7.97. The molecule has 0 fully saturated rings. The molecule has 12 nitrogen and oxygen atoms in total. The minimum absolute atomic E-state index is 0.0164. The number of nitrogens with zero attached hydrogens (tertiary/aromatic N) is 2. The van der Waals surface area contributed by atoms with Gasteiger partial charge >= 0.3 is 0 Å². The Morgan fingerprint density at radius 3 is 1.51 bits per heavy atom. The van der Waals surface area contributed by atoms with E-state index >= 15 is 0 Å². The van der Waals surface area contributed by atoms with Gasteiger partial charge in [0.1, 0.15) is 5.71 Å². The predicted octanol–water partition coefficient (Wildman–Crippen LogP) is 3.28. The highest BCUT2D eigenvalue weighted by atomic mass is 32.2. The lowest BCUT2D eigenvalue weighted by Gasteiger charge is -2.09. The van der Waals surface area contributed by atoms with Crippen LogP contribution in [0.25, 0.3) is 0 Å². The van der Waals surface area contributed by atoms with Crippen LogP contribution in [0, 0.1) is 13.8 Å². The van der Waals surface area contributed by atoms with Gasteiger partial charge in [-0.25, -0.2) is 4.83 Å². The molecule has 41 heavy (non-hydrogen) atoms. The molecule has 0 atom stereocenters. The van der Waals surface area contributed by atoms with Crippen LogP contribution in [0.1, 0.15) is 31.4 Å². The molecule has 216 valence electrons. The lowest BCUT2D eigenvalue weighted by molar-refractivity contribution is -0.115. The van der Waals surface area contributed by atoms with E-state index in [1.807, 2.05) is 18.7 Å². The van der Waals surface area contributed by atoms with Crippen LogP contribution in [0.2, 0.25) is 0 Å². The minimum atomic E-state index is -3.93. The van der Waals surface area contributed by atoms with Crippen LogP contribution >= 0.6 is 0 Å². The van der Waals surface area contributed by atoms with Gasteiger partial charge in [0.15, 0.2) is 0 Å². The molecular formula is C27H30N6O6S2. The Bertz CT molecular complexity index is 1680. The van der Waals surface area contributed by atoms with Gasteiger partial charge in [0.2, 0.25) is 5.91 Å². The van der Waals surface area contributed by atoms with E-state index in [0.717, 1.165) is 11.1 Å². The van der Waals surface area contributed by atoms with Gasteiger partial charge < -0.3 is 10.6 Å². The molecule has 0 radical (unpaired) electrons. The van der Waals surface area contributed by atoms with Crippen molar-refractivity contribution in [2.75, 3.05) is 10.6 Å². The summed E-state index contributed by atoms with van der Waals surface area (Å²) in [6.07, 6.45) is -0.164. The van der Waals surface area contributed by atoms with Crippen molar-refractivity contribution < 1.29 is 26.4 Å². The average molecular weight is 599 g/mol. The number of hydrogen-bond acceptors (Lipinski definition) is 8. The second kappa shape index (κ2) is 13.2. The van der Waals surface area contributed by atoms with Crippen molar-refractivity contribution in [3.8, 4) is 0 Å². The Labute approximate surface area is 239 Å². The number of sulfonamides is 2. The topological polar surface area (TPSA) is 175 Å². The maximum absolute atomic E-state index is 12.4. The van der Waals surface area contributed by atoms with Gasteiger partial charge in [0, 0.05) is 17.1 Å². The molecule has 0 heterocycles. The summed E-state index contributed by atoms with van der Waals surface area (Å²) in [6.45, 7) is 6.54. The third-order valence-electron chi connectivity index (χ3n) is 5.52. The SMILES string of the molecule is CC(CC(=O)Nc1ccc(NC(=O)C(C)=NNS(=O)(=O)c2ccc(C)cc2)cc1)=NNS(=O)(=O)c1ccc(C)cc1. The van der Waals surface area contributed by atoms with E-state index < -0.39 is 31.9 Å². The van der Waals surface area contributed by atoms with E-state index in [0.29, 0.717) is 11.4 Å². The normalized spacial score (nSPS) is 12.4. The number of benzene rings is 3. The van der Waals surface area contributed by atoms with Crippen LogP contribution in [0.5, 0.6) is 0 Å². The number of aryl methyl sites for hydroxylation is 2. The standard InChI is InChI=1S/C27H30N6O6S2/c1-18-5-13-24(14-6-18)40(36,37)32-30-20(3)17-26(34)28-22-9-11-23(12-10-22)29-27(35)21(4)31-33-41(38,39)25-15-7-19(2)8-16-25/h5-16,32-33H,17H2,1-4H3,(H,28,34)(H,29,35). The Morgan fingerprint density at radius 2 is 1.05 bits per heavy atom. The van der Waals surface area contributed by atoms with Crippen molar-refractivity contribution in [2.24, 2.45) is 10.2 Å². The molecule has 4 N–H and O–H groups in total. The Balaban J connectivity index is 1.51. The first kappa shape index (κ1) is 31.0. The molecule has 0 aliphatic rings. The van der Waals surface area contributed by atoms with Gasteiger partial charge in [-0.1, -0.05) is 35.4 Å². The first-order valence-electron chi connectivity index (χ1n) is 12.2. The van der Waals surface area contributed by atoms with Crippen LogP contribution in [0.4, 0.5) is 11.4 Å². The molecule has 0 aromatic heterocycles. The highest BCUT2D eigenvalue weighted by molar-refractivity contribution is 7.89. The van der Waals surface area contributed by atoms with Crippen LogP contribution in [0.3, 0.4) is 0 Å². The van der Waals surface area contributed by atoms with Gasteiger partial charge in [0.25, 0.3) is 26.0 Å². The maximum atomic E-state index is 12.4. The number of carbonyl (C=O) groups excluding carboxylic acids is 2. The van der Waals surface area contributed by atoms with Crippen molar-refractivity contribution in [1.29, 1.82) is 0 Å². The van der Waals surface area contributed by atoms with Gasteiger partial charge in [0.05, 0.1) is 16.2 Å². The third kappa shape index (κ3) is 9.25. The number of hydrogen-bond donors (Lipinski definition) is 4. The molecule has 0 saturated carbocycles. The van der Waals surface area contributed by atoms with Gasteiger partial charge in [-0.15, -0.1) is 0 Å². The summed E-state index contributed by atoms with van der Waals surface area (Å²) >= 11 is 0. The van der Waals surface area contributed by atoms with E-state index in [-0.39, 0.29) is 27.6 Å². The molecule has 0 unspecified atom stereocenters. The van der Waals surface area contributed by atoms with Crippen LogP contribution in [-0.2, 0) is 29.6 Å². The van der Waals surface area contributed by atoms with E-state index in [9.17, 15) is 26.4 Å². The summed E-state index contributed by atoms with van der Waals surface area (Å²) in [4.78, 5) is 29.0. The van der Waals surface area contributed by atoms with E-state index in [1.54, 1.807) is 36.4 Å². The monoisotopic (exact) mass is 598 g/mol. The minimum Gasteiger partial charge on any atom is -0.326 e. The van der Waals surface area contributed by atoms with Crippen molar-refractivity contribution in [1.82, 2.24) is 9.66 Å². The quantitative estimate of drug-likeness (QED) is 0.195. The summed E-state index contributed by atoms with van der Waals surface area (Å²) in [5.41, 5.74) is 2.75. The van der Waals surface area contributed by atoms with Gasteiger partial charge in [-0.05, 0) is 76.2 Å². The van der Waals surface area contributed by atoms with Crippen LogP contribution in [-0.4, -0.2) is 40.1 Å². The fourth-order valence-corrected chi connectivity index (χ4v) is 4.93. The number of rotatable bonds is 11. The maximum Gasteiger partial charge on any atom is 0.276 e. The molecule has 3 rings (SSSR count). The molecule has 14 heteroatoms. The van der Waals surface area contributed by atoms with Crippen molar-refractivity contribution >= 4 is 54.7 Å². The van der Waals surface area contributed by atoms with Gasteiger partial charge in [-0.3, -0.25) is 9.59 Å². The largest absolute Gasteiger partial charge is 0.326 e. The summed E-state index contributed by atoms with van der Waals surface area (Å²) < 4.78 is 49.4. The summed E-state index contributed by atoms with van der Waals surface area (Å²) in [7, 11) is -7.79. The molecular weight excluding hydrogens is 568 g/mol. The molecule has 0 aliphatic carbocycles. The highest BCUT2D eigenvalue weighted by Gasteiger charge is 2.15. The second-order valence-electron chi connectivity index (χ2n) is 9.12. The number of carbonyl (C=O) groups is 2. The first-order chi connectivity index (χ1) is 19.2. The van der Waals surface area contributed by atoms with Crippen molar-refractivity contribution in [2.45, 2.75) is 43.9 Å². The fraction of sp³-hybridized carbons (Fsp3) is 0.185. The Hall–Kier alpha value is -4.56. The van der Waals surface area contributed by atoms with Crippen LogP contribution in [0.15, 0.2) is 92.8 Å². The highest BCUT2D eigenvalue weighted by Crippen LogP contribution is 2.15. The number of nitrogens with one attached hydrogen (secondary N) is 4. The number of amides is 2. The lowest BCUT2D eigenvalue weighted by Crippen LogP contribution is -2.26. The molecule has 3 aromatic carbocycles. The number of hydrazone groups is 2. The fourth-order valence-electron chi connectivity index (χ4n) is 3.19. The Morgan fingerprint density at radius 1 is 0.634 bits per heavy atom. The van der Waals surface area contributed by atoms with Gasteiger partial charge in [-0.2, -0.15) is 31.9 Å². The molecule has 0 saturated heterocycles. The average Bonchev–Trinajstić information content (AvgIpc) is 2.92. The predicted molar refractivity (Wildman–Crippen MR) is 158 cm³/mol.